The second-order valence-corrected chi connectivity index (χ2v) is 10.5. The van der Waals surface area contributed by atoms with Crippen LogP contribution in [0, 0.1) is 0 Å². The average Bonchev–Trinajstić information content (AvgIpc) is 2.91. The number of unbranched alkanes of at least 4 members (excludes halogenated alkanes) is 14. The third-order valence-electron chi connectivity index (χ3n) is 7.20. The highest BCUT2D eigenvalue weighted by Gasteiger charge is 2.07. The van der Waals surface area contributed by atoms with Gasteiger partial charge in [0.2, 0.25) is 0 Å². The fourth-order valence-corrected chi connectivity index (χ4v) is 4.71. The van der Waals surface area contributed by atoms with Crippen molar-refractivity contribution in [2.75, 3.05) is 13.2 Å². The van der Waals surface area contributed by atoms with Crippen LogP contribution in [0.4, 0.5) is 0 Å². The number of rotatable bonds is 22. The highest BCUT2D eigenvalue weighted by Crippen LogP contribution is 2.25. The van der Waals surface area contributed by atoms with Gasteiger partial charge < -0.3 is 9.47 Å². The van der Waals surface area contributed by atoms with Gasteiger partial charge in [-0.15, -0.1) is 0 Å². The van der Waals surface area contributed by atoms with E-state index in [1.165, 1.54) is 113 Å². The molecular formula is C34H54O2. The molecule has 2 aromatic carbocycles. The molecule has 0 aliphatic rings. The quantitative estimate of drug-likeness (QED) is 0.151. The normalized spacial score (nSPS) is 12.1. The van der Waals surface area contributed by atoms with Crippen molar-refractivity contribution in [1.29, 1.82) is 0 Å². The summed E-state index contributed by atoms with van der Waals surface area (Å²) in [6.45, 7) is 8.39. The molecule has 0 heterocycles. The van der Waals surface area contributed by atoms with Gasteiger partial charge in [-0.05, 0) is 48.6 Å². The minimum atomic E-state index is 0.148. The van der Waals surface area contributed by atoms with Crippen LogP contribution < -0.4 is 4.74 Å². The van der Waals surface area contributed by atoms with Crippen LogP contribution in [0.2, 0.25) is 0 Å². The predicted molar refractivity (Wildman–Crippen MR) is 157 cm³/mol. The molecule has 0 saturated heterocycles. The first-order valence-electron chi connectivity index (χ1n) is 15.2. The molecule has 2 rings (SSSR count). The lowest BCUT2D eigenvalue weighted by molar-refractivity contribution is 0.0627. The van der Waals surface area contributed by atoms with Crippen molar-refractivity contribution in [2.24, 2.45) is 0 Å². The maximum atomic E-state index is 6.12. The average molecular weight is 495 g/mol. The van der Waals surface area contributed by atoms with Gasteiger partial charge in [-0.3, -0.25) is 0 Å². The van der Waals surface area contributed by atoms with Crippen molar-refractivity contribution in [3.63, 3.8) is 0 Å². The molecule has 0 aliphatic heterocycles. The second-order valence-electron chi connectivity index (χ2n) is 10.5. The fourth-order valence-electron chi connectivity index (χ4n) is 4.71. The molecule has 0 aromatic heterocycles. The van der Waals surface area contributed by atoms with E-state index in [4.69, 9.17) is 9.47 Å². The molecule has 1 unspecified atom stereocenters. The van der Waals surface area contributed by atoms with E-state index in [0.29, 0.717) is 0 Å². The van der Waals surface area contributed by atoms with Crippen LogP contribution in [0.25, 0.3) is 11.1 Å². The lowest BCUT2D eigenvalue weighted by Gasteiger charge is -2.14. The minimum Gasteiger partial charge on any atom is -0.494 e. The van der Waals surface area contributed by atoms with Gasteiger partial charge in [-0.25, -0.2) is 0 Å². The Balaban J connectivity index is 1.59. The van der Waals surface area contributed by atoms with Gasteiger partial charge >= 0.3 is 0 Å². The predicted octanol–water partition coefficient (Wildman–Crippen LogP) is 11.1. The number of ether oxygens (including phenoxy) is 2. The van der Waals surface area contributed by atoms with Gasteiger partial charge in [0.1, 0.15) is 5.75 Å². The van der Waals surface area contributed by atoms with Gasteiger partial charge in [0, 0.05) is 6.61 Å². The molecule has 36 heavy (non-hydrogen) atoms. The summed E-state index contributed by atoms with van der Waals surface area (Å²) >= 11 is 0. The van der Waals surface area contributed by atoms with E-state index in [1.807, 2.05) is 0 Å². The van der Waals surface area contributed by atoms with Gasteiger partial charge in [-0.2, -0.15) is 0 Å². The van der Waals surface area contributed by atoms with Crippen molar-refractivity contribution in [3.05, 3.63) is 54.1 Å². The number of benzene rings is 2. The minimum absolute atomic E-state index is 0.148. The van der Waals surface area contributed by atoms with E-state index in [1.54, 1.807) is 0 Å². The van der Waals surface area contributed by atoms with Crippen LogP contribution in [-0.2, 0) is 4.74 Å². The van der Waals surface area contributed by atoms with Crippen molar-refractivity contribution >= 4 is 0 Å². The molecule has 2 nitrogen and oxygen atoms in total. The van der Waals surface area contributed by atoms with E-state index in [9.17, 15) is 0 Å². The Labute approximate surface area is 223 Å². The maximum absolute atomic E-state index is 6.12. The Morgan fingerprint density at radius 2 is 0.917 bits per heavy atom. The maximum Gasteiger partial charge on any atom is 0.119 e. The topological polar surface area (TPSA) is 18.5 Å². The Hall–Kier alpha value is -1.80. The van der Waals surface area contributed by atoms with E-state index < -0.39 is 0 Å². The summed E-state index contributed by atoms with van der Waals surface area (Å²) < 4.78 is 12.0. The summed E-state index contributed by atoms with van der Waals surface area (Å²) in [7, 11) is 0. The first-order valence-corrected chi connectivity index (χ1v) is 15.2. The molecular weight excluding hydrogens is 440 g/mol. The summed E-state index contributed by atoms with van der Waals surface area (Å²) in [6.07, 6.45) is 21.5. The van der Waals surface area contributed by atoms with E-state index in [2.05, 4.69) is 69.3 Å². The lowest BCUT2D eigenvalue weighted by Crippen LogP contribution is -2.01. The van der Waals surface area contributed by atoms with Crippen LogP contribution in [0.5, 0.6) is 5.75 Å². The van der Waals surface area contributed by atoms with Crippen LogP contribution in [-0.4, -0.2) is 13.2 Å². The standard InChI is InChI=1S/C34H54O2/c1-4-6-8-10-12-13-14-15-17-18-28-35-30(3)31-20-22-32(23-21-31)33-24-26-34(27-25-33)36-29-19-16-11-9-7-5-2/h20-27,30H,4-19,28-29H2,1-3H3. The molecule has 2 heteroatoms. The van der Waals surface area contributed by atoms with Gasteiger partial charge in [0.15, 0.2) is 0 Å². The molecule has 202 valence electrons. The molecule has 1 atom stereocenters. The zero-order chi connectivity index (χ0) is 25.7. The summed E-state index contributed by atoms with van der Waals surface area (Å²) in [5.74, 6) is 0.970. The monoisotopic (exact) mass is 494 g/mol. The Morgan fingerprint density at radius 3 is 1.42 bits per heavy atom. The first kappa shape index (κ1) is 30.4. The zero-order valence-corrected chi connectivity index (χ0v) is 23.7. The summed E-state index contributed by atoms with van der Waals surface area (Å²) in [6, 6.07) is 17.4. The van der Waals surface area contributed by atoms with Crippen LogP contribution in [0.1, 0.15) is 135 Å². The largest absolute Gasteiger partial charge is 0.494 e. The molecule has 0 radical (unpaired) electrons. The van der Waals surface area contributed by atoms with Crippen molar-refractivity contribution < 1.29 is 9.47 Å². The van der Waals surface area contributed by atoms with Crippen molar-refractivity contribution in [3.8, 4) is 16.9 Å². The van der Waals surface area contributed by atoms with Crippen LogP contribution in [0.3, 0.4) is 0 Å². The lowest BCUT2D eigenvalue weighted by atomic mass is 10.0. The Bertz CT molecular complexity index is 750. The third kappa shape index (κ3) is 13.5. The van der Waals surface area contributed by atoms with Gasteiger partial charge in [0.25, 0.3) is 0 Å². The number of hydrogen-bond donors (Lipinski definition) is 0. The molecule has 0 aliphatic carbocycles. The third-order valence-corrected chi connectivity index (χ3v) is 7.20. The summed E-state index contributed by atoms with van der Waals surface area (Å²) in [5.41, 5.74) is 3.72. The molecule has 0 N–H and O–H groups in total. The van der Waals surface area contributed by atoms with E-state index in [-0.39, 0.29) is 6.10 Å². The highest BCUT2D eigenvalue weighted by atomic mass is 16.5. The van der Waals surface area contributed by atoms with Crippen molar-refractivity contribution in [1.82, 2.24) is 0 Å². The van der Waals surface area contributed by atoms with Crippen LogP contribution in [0.15, 0.2) is 48.5 Å². The molecule has 2 aromatic rings. The zero-order valence-electron chi connectivity index (χ0n) is 23.7. The fraction of sp³-hybridized carbons (Fsp3) is 0.647. The number of hydrogen-bond acceptors (Lipinski definition) is 2. The first-order chi connectivity index (χ1) is 17.7. The summed E-state index contributed by atoms with van der Waals surface area (Å²) in [4.78, 5) is 0. The summed E-state index contributed by atoms with van der Waals surface area (Å²) in [5, 5.41) is 0. The van der Waals surface area contributed by atoms with Gasteiger partial charge in [-0.1, -0.05) is 140 Å². The van der Waals surface area contributed by atoms with Gasteiger partial charge in [0.05, 0.1) is 12.7 Å². The Morgan fingerprint density at radius 1 is 0.500 bits per heavy atom. The molecule has 0 spiro atoms. The van der Waals surface area contributed by atoms with Crippen molar-refractivity contribution in [2.45, 2.75) is 130 Å². The Kier molecular flexibility index (Phi) is 17.1. The molecule has 0 amide bonds. The van der Waals surface area contributed by atoms with E-state index in [0.717, 1.165) is 25.4 Å². The SMILES string of the molecule is CCCCCCCCCCCCOC(C)c1ccc(-c2ccc(OCCCCCCCC)cc2)cc1. The molecule has 0 saturated carbocycles. The highest BCUT2D eigenvalue weighted by molar-refractivity contribution is 5.64. The molecule has 0 fully saturated rings. The van der Waals surface area contributed by atoms with E-state index >= 15 is 0 Å². The smallest absolute Gasteiger partial charge is 0.119 e. The van der Waals surface area contributed by atoms with Crippen LogP contribution >= 0.6 is 0 Å². The molecule has 0 bridgehead atoms. The second kappa shape index (κ2) is 20.3.